The van der Waals surface area contributed by atoms with Crippen LogP contribution in [0.4, 0.5) is 11.5 Å². The average Bonchev–Trinajstić information content (AvgIpc) is 3.25. The summed E-state index contributed by atoms with van der Waals surface area (Å²) in [6.45, 7) is 2.77. The molecule has 0 fully saturated rings. The van der Waals surface area contributed by atoms with Crippen molar-refractivity contribution in [3.8, 4) is 34.2 Å². The molecular weight excluding hydrogens is 378 g/mol. The van der Waals surface area contributed by atoms with Gasteiger partial charge in [-0.1, -0.05) is 30.3 Å². The number of pyridine rings is 1. The van der Waals surface area contributed by atoms with Gasteiger partial charge in [-0.2, -0.15) is 4.98 Å². The van der Waals surface area contributed by atoms with Crippen molar-refractivity contribution in [2.75, 3.05) is 31.3 Å². The third kappa shape index (κ3) is 3.67. The highest BCUT2D eigenvalue weighted by Crippen LogP contribution is 2.33. The average molecular weight is 401 g/mol. The Labute approximate surface area is 175 Å². The number of rotatable bonds is 7. The number of nitrogens with one attached hydrogen (secondary N) is 2. The van der Waals surface area contributed by atoms with Crippen LogP contribution in [0.3, 0.4) is 0 Å². The maximum Gasteiger partial charge on any atom is 0.253 e. The Morgan fingerprint density at radius 2 is 1.83 bits per heavy atom. The third-order valence-corrected chi connectivity index (χ3v) is 4.59. The fourth-order valence-electron chi connectivity index (χ4n) is 3.22. The Hall–Kier alpha value is -3.94. The molecule has 0 saturated heterocycles. The van der Waals surface area contributed by atoms with E-state index in [4.69, 9.17) is 9.72 Å². The van der Waals surface area contributed by atoms with Gasteiger partial charge in [-0.3, -0.25) is 4.98 Å². The Morgan fingerprint density at radius 3 is 2.50 bits per heavy atom. The van der Waals surface area contributed by atoms with Crippen molar-refractivity contribution in [2.45, 2.75) is 6.92 Å². The quantitative estimate of drug-likeness (QED) is 0.486. The van der Waals surface area contributed by atoms with Crippen LogP contribution < -0.4 is 15.4 Å². The highest BCUT2D eigenvalue weighted by molar-refractivity contribution is 5.82. The number of hydrogen-bond donors (Lipinski definition) is 2. The largest absolute Gasteiger partial charge is 0.479 e. The second-order valence-electron chi connectivity index (χ2n) is 6.48. The van der Waals surface area contributed by atoms with Crippen LogP contribution in [0.5, 0.6) is 5.88 Å². The highest BCUT2D eigenvalue weighted by Gasteiger charge is 2.19. The Morgan fingerprint density at radius 1 is 1.03 bits per heavy atom. The fraction of sp³-hybridized carbons (Fsp3) is 0.182. The molecule has 152 valence electrons. The minimum Gasteiger partial charge on any atom is -0.479 e. The van der Waals surface area contributed by atoms with E-state index in [1.807, 2.05) is 62.6 Å². The smallest absolute Gasteiger partial charge is 0.253 e. The van der Waals surface area contributed by atoms with Crippen molar-refractivity contribution < 1.29 is 4.74 Å². The highest BCUT2D eigenvalue weighted by atomic mass is 16.5. The predicted octanol–water partition coefficient (Wildman–Crippen LogP) is 3.87. The van der Waals surface area contributed by atoms with Crippen LogP contribution in [-0.2, 0) is 0 Å². The summed E-state index contributed by atoms with van der Waals surface area (Å²) in [7, 11) is 3.44. The van der Waals surface area contributed by atoms with Crippen molar-refractivity contribution >= 4 is 11.5 Å². The topological polar surface area (TPSA) is 89.8 Å². The molecule has 8 nitrogen and oxygen atoms in total. The lowest BCUT2D eigenvalue weighted by Crippen LogP contribution is -2.11. The number of hydrogen-bond acceptors (Lipinski definition) is 7. The lowest BCUT2D eigenvalue weighted by Gasteiger charge is -2.15. The van der Waals surface area contributed by atoms with Gasteiger partial charge in [0, 0.05) is 37.7 Å². The molecule has 30 heavy (non-hydrogen) atoms. The molecule has 3 heterocycles. The minimum absolute atomic E-state index is 0.431. The summed E-state index contributed by atoms with van der Waals surface area (Å²) < 4.78 is 7.15. The van der Waals surface area contributed by atoms with Gasteiger partial charge in [0.2, 0.25) is 5.88 Å². The molecule has 2 N–H and O–H groups in total. The molecule has 0 aliphatic carbocycles. The SMILES string of the molecule is CCNc1c(NC)nc(-n2cc(-c3ccccc3)c(OC)n2)nc1-c1cccnc1. The number of benzene rings is 1. The first-order valence-corrected chi connectivity index (χ1v) is 9.68. The van der Waals surface area contributed by atoms with Crippen LogP contribution in [-0.4, -0.2) is 45.4 Å². The van der Waals surface area contributed by atoms with Crippen LogP contribution in [0.25, 0.3) is 28.3 Å². The lowest BCUT2D eigenvalue weighted by molar-refractivity contribution is 0.395. The lowest BCUT2D eigenvalue weighted by atomic mass is 10.1. The first-order valence-electron chi connectivity index (χ1n) is 9.68. The van der Waals surface area contributed by atoms with Gasteiger partial charge < -0.3 is 15.4 Å². The zero-order valence-corrected chi connectivity index (χ0v) is 17.1. The van der Waals surface area contributed by atoms with Gasteiger partial charge in [0.15, 0.2) is 5.82 Å². The number of anilines is 2. The normalized spacial score (nSPS) is 10.6. The van der Waals surface area contributed by atoms with E-state index in [1.165, 1.54) is 0 Å². The van der Waals surface area contributed by atoms with Gasteiger partial charge in [0.25, 0.3) is 5.95 Å². The molecule has 4 aromatic rings. The third-order valence-electron chi connectivity index (χ3n) is 4.59. The Kier molecular flexibility index (Phi) is 5.56. The van der Waals surface area contributed by atoms with E-state index in [1.54, 1.807) is 24.2 Å². The monoisotopic (exact) mass is 401 g/mol. The minimum atomic E-state index is 0.431. The van der Waals surface area contributed by atoms with Crippen LogP contribution in [0.15, 0.2) is 61.1 Å². The zero-order chi connectivity index (χ0) is 20.9. The van der Waals surface area contributed by atoms with E-state index in [9.17, 15) is 0 Å². The summed E-state index contributed by atoms with van der Waals surface area (Å²) >= 11 is 0. The van der Waals surface area contributed by atoms with E-state index < -0.39 is 0 Å². The van der Waals surface area contributed by atoms with Crippen LogP contribution in [0.1, 0.15) is 6.92 Å². The molecule has 0 unspecified atom stereocenters. The molecule has 0 spiro atoms. The van der Waals surface area contributed by atoms with E-state index >= 15 is 0 Å². The molecule has 0 amide bonds. The van der Waals surface area contributed by atoms with Gasteiger partial charge in [-0.15, -0.1) is 5.10 Å². The van der Waals surface area contributed by atoms with E-state index in [0.717, 1.165) is 34.6 Å². The van der Waals surface area contributed by atoms with Crippen molar-refractivity contribution in [3.05, 3.63) is 61.1 Å². The van der Waals surface area contributed by atoms with Crippen LogP contribution in [0.2, 0.25) is 0 Å². The van der Waals surface area contributed by atoms with E-state index in [-0.39, 0.29) is 0 Å². The molecule has 0 radical (unpaired) electrons. The van der Waals surface area contributed by atoms with Crippen LogP contribution in [0, 0.1) is 0 Å². The van der Waals surface area contributed by atoms with Gasteiger partial charge in [-0.05, 0) is 24.6 Å². The summed E-state index contributed by atoms with van der Waals surface area (Å²) in [5, 5.41) is 11.1. The first-order chi connectivity index (χ1) is 14.7. The molecule has 3 aromatic heterocycles. The van der Waals surface area contributed by atoms with Crippen molar-refractivity contribution in [3.63, 3.8) is 0 Å². The number of methoxy groups -OCH3 is 1. The maximum atomic E-state index is 5.51. The van der Waals surface area contributed by atoms with E-state index in [2.05, 4.69) is 25.7 Å². The standard InChI is InChI=1S/C22H23N7O/c1-4-25-19-18(16-11-8-12-24-13-16)26-22(27-20(19)23-2)29-14-17(21(28-29)30-3)15-9-6-5-7-10-15/h5-14,25H,4H2,1-3H3,(H,23,26,27). The first kappa shape index (κ1) is 19.4. The second-order valence-corrected chi connectivity index (χ2v) is 6.48. The molecule has 4 rings (SSSR count). The van der Waals surface area contributed by atoms with Crippen molar-refractivity contribution in [1.82, 2.24) is 24.7 Å². The number of nitrogens with zero attached hydrogens (tertiary/aromatic N) is 5. The molecule has 8 heteroatoms. The molecule has 0 bridgehead atoms. The summed E-state index contributed by atoms with van der Waals surface area (Å²) in [4.78, 5) is 13.7. The van der Waals surface area contributed by atoms with Gasteiger partial charge in [-0.25, -0.2) is 9.67 Å². The van der Waals surface area contributed by atoms with Gasteiger partial charge in [0.05, 0.1) is 12.7 Å². The van der Waals surface area contributed by atoms with Gasteiger partial charge >= 0.3 is 0 Å². The molecular formula is C22H23N7O. The molecule has 0 aliphatic heterocycles. The molecule has 0 saturated carbocycles. The summed E-state index contributed by atoms with van der Waals surface area (Å²) in [5.74, 6) is 1.62. The van der Waals surface area contributed by atoms with Gasteiger partial charge in [0.1, 0.15) is 11.4 Å². The molecule has 0 aliphatic rings. The number of aromatic nitrogens is 5. The van der Waals surface area contributed by atoms with Crippen molar-refractivity contribution in [1.29, 1.82) is 0 Å². The summed E-state index contributed by atoms with van der Waals surface area (Å²) in [6, 6.07) is 13.8. The molecule has 1 aromatic carbocycles. The zero-order valence-electron chi connectivity index (χ0n) is 17.1. The Bertz CT molecular complexity index is 1130. The predicted molar refractivity (Wildman–Crippen MR) is 118 cm³/mol. The summed E-state index contributed by atoms with van der Waals surface area (Å²) in [6.07, 6.45) is 5.40. The molecule has 0 atom stereocenters. The maximum absolute atomic E-state index is 5.51. The second kappa shape index (κ2) is 8.60. The van der Waals surface area contributed by atoms with Crippen molar-refractivity contribution in [2.24, 2.45) is 0 Å². The number of ether oxygens (including phenoxy) is 1. The van der Waals surface area contributed by atoms with Crippen LogP contribution >= 0.6 is 0 Å². The summed E-state index contributed by atoms with van der Waals surface area (Å²) in [5.41, 5.74) is 4.32. The van der Waals surface area contributed by atoms with E-state index in [0.29, 0.717) is 17.6 Å². The Balaban J connectivity index is 1.89. The fourth-order valence-corrected chi connectivity index (χ4v) is 3.22.